The molecule has 0 saturated carbocycles. The van der Waals surface area contributed by atoms with E-state index in [-0.39, 0.29) is 12.7 Å². The first kappa shape index (κ1) is 16.4. The normalized spacial score (nSPS) is 13.0. The summed E-state index contributed by atoms with van der Waals surface area (Å²) >= 11 is 0. The Bertz CT molecular complexity index is 507. The van der Waals surface area contributed by atoms with Gasteiger partial charge in [-0.05, 0) is 25.0 Å². The number of nitrogens with two attached hydrogens (primary N) is 1. The summed E-state index contributed by atoms with van der Waals surface area (Å²) in [4.78, 5) is 12.2. The van der Waals surface area contributed by atoms with Gasteiger partial charge < -0.3 is 25.3 Å². The first-order chi connectivity index (χ1) is 10.6. The second-order valence-corrected chi connectivity index (χ2v) is 5.31. The molecule has 122 valence electrons. The van der Waals surface area contributed by atoms with Crippen molar-refractivity contribution in [3.05, 3.63) is 18.2 Å². The first-order valence-electron chi connectivity index (χ1n) is 7.66. The maximum absolute atomic E-state index is 12.2. The zero-order valence-electron chi connectivity index (χ0n) is 13.2. The summed E-state index contributed by atoms with van der Waals surface area (Å²) in [7, 11) is 0. The molecule has 1 heterocycles. The van der Waals surface area contributed by atoms with Crippen molar-refractivity contribution in [3.63, 3.8) is 0 Å². The van der Waals surface area contributed by atoms with Crippen molar-refractivity contribution in [2.75, 3.05) is 26.5 Å². The van der Waals surface area contributed by atoms with Crippen LogP contribution in [-0.2, 0) is 4.79 Å². The Morgan fingerprint density at radius 3 is 2.73 bits per heavy atom. The van der Waals surface area contributed by atoms with Crippen molar-refractivity contribution in [1.82, 2.24) is 5.32 Å². The molecule has 0 spiro atoms. The van der Waals surface area contributed by atoms with Gasteiger partial charge in [-0.15, -0.1) is 0 Å². The minimum atomic E-state index is -0.473. The highest BCUT2D eigenvalue weighted by Gasteiger charge is 2.32. The number of nitrogens with one attached hydrogen (secondary N) is 1. The summed E-state index contributed by atoms with van der Waals surface area (Å²) in [5, 5.41) is 2.90. The average Bonchev–Trinajstić information content (AvgIpc) is 3.01. The fourth-order valence-corrected chi connectivity index (χ4v) is 2.44. The van der Waals surface area contributed by atoms with Crippen LogP contribution in [0, 0.1) is 5.41 Å². The van der Waals surface area contributed by atoms with Crippen LogP contribution in [0.25, 0.3) is 0 Å². The molecule has 1 aliphatic rings. The molecule has 0 aromatic heterocycles. The minimum absolute atomic E-state index is 0.00529. The van der Waals surface area contributed by atoms with Crippen LogP contribution in [0.4, 0.5) is 0 Å². The number of carbonyl (C=O) groups excluding carboxylic acids is 1. The van der Waals surface area contributed by atoms with Gasteiger partial charge >= 0.3 is 0 Å². The average molecular weight is 308 g/mol. The van der Waals surface area contributed by atoms with E-state index in [2.05, 4.69) is 5.32 Å². The molecule has 0 radical (unpaired) electrons. The summed E-state index contributed by atoms with van der Waals surface area (Å²) in [6.45, 7) is 5.39. The van der Waals surface area contributed by atoms with Gasteiger partial charge in [0, 0.05) is 12.6 Å². The predicted octanol–water partition coefficient (Wildman–Crippen LogP) is 1.68. The zero-order chi connectivity index (χ0) is 16.0. The van der Waals surface area contributed by atoms with Crippen molar-refractivity contribution in [2.24, 2.45) is 11.1 Å². The zero-order valence-corrected chi connectivity index (χ0v) is 13.2. The van der Waals surface area contributed by atoms with E-state index in [1.807, 2.05) is 26.0 Å². The molecular formula is C16H24N2O4. The Kier molecular flexibility index (Phi) is 5.49. The van der Waals surface area contributed by atoms with Crippen molar-refractivity contribution in [1.29, 1.82) is 0 Å². The highest BCUT2D eigenvalue weighted by molar-refractivity contribution is 5.82. The van der Waals surface area contributed by atoms with Gasteiger partial charge in [-0.3, -0.25) is 4.79 Å². The fourth-order valence-electron chi connectivity index (χ4n) is 2.44. The van der Waals surface area contributed by atoms with Crippen LogP contribution in [-0.4, -0.2) is 32.4 Å². The van der Waals surface area contributed by atoms with Gasteiger partial charge in [0.1, 0.15) is 12.4 Å². The van der Waals surface area contributed by atoms with E-state index in [1.165, 1.54) is 0 Å². The Morgan fingerprint density at radius 1 is 1.32 bits per heavy atom. The quantitative estimate of drug-likeness (QED) is 0.714. The van der Waals surface area contributed by atoms with Crippen molar-refractivity contribution in [2.45, 2.75) is 26.7 Å². The van der Waals surface area contributed by atoms with E-state index < -0.39 is 5.41 Å². The number of ether oxygens (including phenoxy) is 3. The summed E-state index contributed by atoms with van der Waals surface area (Å²) in [5.74, 6) is 2.09. The number of carbonyl (C=O) groups is 1. The van der Waals surface area contributed by atoms with Gasteiger partial charge in [-0.1, -0.05) is 13.8 Å². The second-order valence-electron chi connectivity index (χ2n) is 5.31. The Balaban J connectivity index is 1.78. The van der Waals surface area contributed by atoms with Crippen LogP contribution < -0.4 is 25.3 Å². The standard InChI is InChI=1S/C16H24N2O4/c1-3-16(4-2,10-17)15(19)18-7-8-20-12-5-6-13-14(9-12)22-11-21-13/h5-6,9H,3-4,7-8,10-11,17H2,1-2H3,(H,18,19). The van der Waals surface area contributed by atoms with Gasteiger partial charge in [0.05, 0.1) is 12.0 Å². The van der Waals surface area contributed by atoms with E-state index in [1.54, 1.807) is 6.07 Å². The largest absolute Gasteiger partial charge is 0.492 e. The summed E-state index contributed by atoms with van der Waals surface area (Å²) in [5.41, 5.74) is 5.29. The molecule has 0 aliphatic carbocycles. The number of hydrogen-bond acceptors (Lipinski definition) is 5. The molecule has 1 aliphatic heterocycles. The topological polar surface area (TPSA) is 82.8 Å². The number of fused-ring (bicyclic) bond motifs is 1. The lowest BCUT2D eigenvalue weighted by Crippen LogP contribution is -2.46. The molecule has 0 saturated heterocycles. The molecule has 1 aromatic rings. The molecule has 0 fully saturated rings. The molecule has 3 N–H and O–H groups in total. The lowest BCUT2D eigenvalue weighted by atomic mass is 9.81. The molecule has 0 atom stereocenters. The van der Waals surface area contributed by atoms with E-state index in [0.29, 0.717) is 31.2 Å². The van der Waals surface area contributed by atoms with Crippen molar-refractivity contribution >= 4 is 5.91 Å². The lowest BCUT2D eigenvalue weighted by molar-refractivity contribution is -0.131. The SMILES string of the molecule is CCC(CC)(CN)C(=O)NCCOc1ccc2c(c1)OCO2. The number of hydrogen-bond donors (Lipinski definition) is 2. The smallest absolute Gasteiger partial charge is 0.231 e. The Labute approximate surface area is 130 Å². The van der Waals surface area contributed by atoms with Gasteiger partial charge in [0.15, 0.2) is 11.5 Å². The minimum Gasteiger partial charge on any atom is -0.492 e. The van der Waals surface area contributed by atoms with E-state index in [0.717, 1.165) is 18.6 Å². The first-order valence-corrected chi connectivity index (χ1v) is 7.66. The third kappa shape index (κ3) is 3.44. The van der Waals surface area contributed by atoms with E-state index in [4.69, 9.17) is 19.9 Å². The molecular weight excluding hydrogens is 284 g/mol. The van der Waals surface area contributed by atoms with Crippen LogP contribution in [0.2, 0.25) is 0 Å². The fraction of sp³-hybridized carbons (Fsp3) is 0.562. The third-order valence-corrected chi connectivity index (χ3v) is 4.23. The summed E-state index contributed by atoms with van der Waals surface area (Å²) < 4.78 is 16.1. The molecule has 1 amide bonds. The maximum atomic E-state index is 12.2. The van der Waals surface area contributed by atoms with Crippen molar-refractivity contribution < 1.29 is 19.0 Å². The van der Waals surface area contributed by atoms with Crippen LogP contribution in [0.3, 0.4) is 0 Å². The van der Waals surface area contributed by atoms with E-state index >= 15 is 0 Å². The number of amides is 1. The molecule has 1 aromatic carbocycles. The highest BCUT2D eigenvalue weighted by Crippen LogP contribution is 2.35. The van der Waals surface area contributed by atoms with Crippen LogP contribution in [0.5, 0.6) is 17.2 Å². The number of benzene rings is 1. The Hall–Kier alpha value is -1.95. The highest BCUT2D eigenvalue weighted by atomic mass is 16.7. The van der Waals surface area contributed by atoms with Crippen LogP contribution in [0.15, 0.2) is 18.2 Å². The lowest BCUT2D eigenvalue weighted by Gasteiger charge is -2.28. The van der Waals surface area contributed by atoms with Gasteiger partial charge in [-0.2, -0.15) is 0 Å². The maximum Gasteiger partial charge on any atom is 0.231 e. The molecule has 0 unspecified atom stereocenters. The molecule has 0 bridgehead atoms. The molecule has 22 heavy (non-hydrogen) atoms. The molecule has 6 heteroatoms. The van der Waals surface area contributed by atoms with Gasteiger partial charge in [0.25, 0.3) is 0 Å². The van der Waals surface area contributed by atoms with Gasteiger partial charge in [-0.25, -0.2) is 0 Å². The summed E-state index contributed by atoms with van der Waals surface area (Å²) in [6.07, 6.45) is 1.46. The monoisotopic (exact) mass is 308 g/mol. The second kappa shape index (κ2) is 7.35. The predicted molar refractivity (Wildman–Crippen MR) is 83.1 cm³/mol. The van der Waals surface area contributed by atoms with E-state index in [9.17, 15) is 4.79 Å². The van der Waals surface area contributed by atoms with Gasteiger partial charge in [0.2, 0.25) is 12.7 Å². The summed E-state index contributed by atoms with van der Waals surface area (Å²) in [6, 6.07) is 5.41. The molecule has 6 nitrogen and oxygen atoms in total. The number of rotatable bonds is 8. The Morgan fingerprint density at radius 2 is 2.05 bits per heavy atom. The van der Waals surface area contributed by atoms with Crippen LogP contribution >= 0.6 is 0 Å². The van der Waals surface area contributed by atoms with Crippen molar-refractivity contribution in [3.8, 4) is 17.2 Å². The third-order valence-electron chi connectivity index (χ3n) is 4.23. The molecule has 2 rings (SSSR count). The van der Waals surface area contributed by atoms with Crippen LogP contribution in [0.1, 0.15) is 26.7 Å².